The van der Waals surface area contributed by atoms with Crippen molar-refractivity contribution in [2.45, 2.75) is 245 Å². The maximum Gasteiger partial charge on any atom is 0.426 e. The number of amides is 12. The predicted octanol–water partition coefficient (Wildman–Crippen LogP) is 6.42. The highest BCUT2D eigenvalue weighted by atomic mass is 33.1. The van der Waals surface area contributed by atoms with Gasteiger partial charge in [-0.05, 0) is 119 Å². The third-order valence-corrected chi connectivity index (χ3v) is 23.0. The molecule has 2 aromatic carbocycles. The highest BCUT2D eigenvalue weighted by Gasteiger charge is 2.40. The van der Waals surface area contributed by atoms with E-state index >= 15 is 4.79 Å². The zero-order valence-electron chi connectivity index (χ0n) is 69.8. The standard InChI is InChI=1S/C80H122N14O23S3/c1-10-12-13-14-19-35-115-47-94(76(109)69(49(5)11-2)90-74(108)62-22-16-18-34-93(62)9)63(48(3)4)43-64(117-52(8)95)75-89-60(45-118-75)73(107)85-56(39-53-28-30-57(96)31-29-53)38-50(6)70(104)91-92-80(114)116-36-37-119-120-46-61(77(110)111)88-72(106)59(42-68(102)103)87-71(105)58(41-67(100)101)86-65(97)40-54-24-26-55(27-25-54)44-83-78(112)81-32-17-15-21-51(7)84-79(113)82-33-20-23-66(98)99/h24-31,45,48-51,56,58-59,61-64,69,96H,10-23,32-44,46-47H2,1-9H3,(H,85,107)(H,86,97)(H,87,105)(H,88,106)(H,90,108)(H,91,104)(H,92,114)(H,98,99)(H,100,101)(H,102,103)(H,110,111)(H2,81,83,112)(H2,82,84,113). The van der Waals surface area contributed by atoms with Gasteiger partial charge in [-0.3, -0.25) is 63.1 Å². The number of aliphatic carboxylic acids is 4. The number of unbranched alkanes of at least 4 members (excludes halogenated alkanes) is 5. The van der Waals surface area contributed by atoms with E-state index in [0.717, 1.165) is 84.4 Å². The number of likely N-dealkylation sites (N-methyl/N-ethyl adjacent to an activating group) is 1. The molecule has 1 aromatic heterocycles. The van der Waals surface area contributed by atoms with E-state index in [1.54, 1.807) is 48.2 Å². The predicted molar refractivity (Wildman–Crippen MR) is 447 cm³/mol. The number of ether oxygens (including phenoxy) is 3. The molecule has 1 aliphatic rings. The molecule has 4 rings (SSSR count). The first-order valence-corrected chi connectivity index (χ1v) is 43.9. The quantitative estimate of drug-likeness (QED) is 0.00953. The van der Waals surface area contributed by atoms with Gasteiger partial charge >= 0.3 is 48.0 Å². The normalized spacial score (nSPS) is 15.1. The van der Waals surface area contributed by atoms with Gasteiger partial charge in [-0.15, -0.1) is 11.3 Å². The number of esters is 1. The van der Waals surface area contributed by atoms with Gasteiger partial charge < -0.3 is 92.5 Å². The largest absolute Gasteiger partial charge is 0.508 e. The van der Waals surface area contributed by atoms with Gasteiger partial charge in [-0.1, -0.05) is 138 Å². The molecular weight excluding hydrogens is 1620 g/mol. The van der Waals surface area contributed by atoms with E-state index in [1.165, 1.54) is 24.4 Å². The van der Waals surface area contributed by atoms with Gasteiger partial charge in [0.05, 0.1) is 25.3 Å². The van der Waals surface area contributed by atoms with Crippen LogP contribution in [0.2, 0.25) is 0 Å². The molecule has 120 heavy (non-hydrogen) atoms. The molecule has 0 bridgehead atoms. The lowest BCUT2D eigenvalue weighted by Crippen LogP contribution is -2.59. The number of urea groups is 2. The van der Waals surface area contributed by atoms with Crippen LogP contribution < -0.4 is 58.7 Å². The molecule has 0 radical (unpaired) electrons. The summed E-state index contributed by atoms with van der Waals surface area (Å²) in [6.07, 6.45) is 5.83. The number of piperidine rings is 1. The molecule has 0 spiro atoms. The van der Waals surface area contributed by atoms with E-state index in [2.05, 4.69) is 70.6 Å². The van der Waals surface area contributed by atoms with Crippen LogP contribution in [0.25, 0.3) is 0 Å². The number of carbonyl (C=O) groups excluding carboxylic acids is 11. The Kier molecular flexibility index (Phi) is 47.5. The number of aromatic hydroxyl groups is 1. The highest BCUT2D eigenvalue weighted by molar-refractivity contribution is 8.76. The maximum atomic E-state index is 15.2. The summed E-state index contributed by atoms with van der Waals surface area (Å²) in [5.74, 6) is -13.3. The SMILES string of the molecule is CCCCCCCOCN(C(=O)C(NC(=O)C1CCCCN1C)C(C)CC)C(CC(OC(C)=O)c1nc(C(=O)NC(Cc2ccc(O)cc2)CC(C)C(=O)NNC(=O)OCCSSCC(NC(=O)C(CC(=O)O)NC(=O)C(CC(=O)O)NC(=O)Cc2ccc(CNC(=O)NCCCCC(C)NC(=O)NCCCC(=O)O)cc2)C(=O)O)cs1)C(C)C. The lowest BCUT2D eigenvalue weighted by molar-refractivity contribution is -0.153. The first-order chi connectivity index (χ1) is 57.1. The van der Waals surface area contributed by atoms with Crippen molar-refractivity contribution in [2.24, 2.45) is 17.8 Å². The van der Waals surface area contributed by atoms with Crippen molar-refractivity contribution in [1.29, 1.82) is 0 Å². The summed E-state index contributed by atoms with van der Waals surface area (Å²) in [7, 11) is 3.81. The third-order valence-electron chi connectivity index (χ3n) is 19.6. The number of benzene rings is 2. The van der Waals surface area contributed by atoms with Crippen molar-refractivity contribution in [2.75, 3.05) is 58.1 Å². The first kappa shape index (κ1) is 102. The number of nitrogens with one attached hydrogen (secondary N) is 11. The van der Waals surface area contributed by atoms with Gasteiger partial charge in [-0.25, -0.2) is 29.6 Å². The van der Waals surface area contributed by atoms with E-state index in [0.29, 0.717) is 68.4 Å². The Bertz CT molecular complexity index is 3810. The molecule has 1 fully saturated rings. The molecule has 0 aliphatic carbocycles. The average Bonchev–Trinajstić information content (AvgIpc) is 1.28. The summed E-state index contributed by atoms with van der Waals surface area (Å²) >= 11 is 1.07. The van der Waals surface area contributed by atoms with Crippen LogP contribution >= 0.6 is 32.9 Å². The van der Waals surface area contributed by atoms with E-state index in [9.17, 15) is 87.5 Å². The number of hydrogen-bond acceptors (Lipinski definition) is 24. The smallest absolute Gasteiger partial charge is 0.426 e. The van der Waals surface area contributed by atoms with Gasteiger partial charge in [0.2, 0.25) is 35.4 Å². The van der Waals surface area contributed by atoms with Gasteiger partial charge in [0, 0.05) is 86.9 Å². The molecular formula is C80H122N14O23S3. The summed E-state index contributed by atoms with van der Waals surface area (Å²) in [6, 6.07) is 3.37. The van der Waals surface area contributed by atoms with Gasteiger partial charge in [-0.2, -0.15) is 0 Å². The number of carboxylic acids is 4. The number of hydrogen-bond donors (Lipinski definition) is 16. The van der Waals surface area contributed by atoms with E-state index < -0.39 is 145 Å². The fourth-order valence-electron chi connectivity index (χ4n) is 12.8. The number of phenols is 1. The fourth-order valence-corrected chi connectivity index (χ4v) is 15.6. The molecule has 668 valence electrons. The third kappa shape index (κ3) is 40.3. The van der Waals surface area contributed by atoms with Gasteiger partial charge in [0.25, 0.3) is 5.91 Å². The number of likely N-dealkylation sites (tertiary alicyclic amines) is 1. The van der Waals surface area contributed by atoms with Crippen molar-refractivity contribution < 1.29 is 112 Å². The molecule has 2 heterocycles. The summed E-state index contributed by atoms with van der Waals surface area (Å²) in [6.45, 7) is 15.9. The molecule has 3 aromatic rings. The Balaban J connectivity index is 1.30. The van der Waals surface area contributed by atoms with Crippen molar-refractivity contribution in [3.63, 3.8) is 0 Å². The lowest BCUT2D eigenvalue weighted by Gasteiger charge is -2.40. The van der Waals surface area contributed by atoms with E-state index in [-0.39, 0.29) is 116 Å². The Morgan fingerprint density at radius 3 is 1.93 bits per heavy atom. The molecule has 1 saturated heterocycles. The molecule has 40 heteroatoms. The number of carbonyl (C=O) groups is 15. The van der Waals surface area contributed by atoms with Crippen LogP contribution in [0.3, 0.4) is 0 Å². The zero-order valence-corrected chi connectivity index (χ0v) is 72.2. The molecule has 1 aliphatic heterocycles. The summed E-state index contributed by atoms with van der Waals surface area (Å²) in [5, 5.41) is 73.3. The Hall–Kier alpha value is -10.1. The van der Waals surface area contributed by atoms with Crippen molar-refractivity contribution in [1.82, 2.24) is 73.5 Å². The summed E-state index contributed by atoms with van der Waals surface area (Å²) in [5.41, 5.74) is 6.15. The first-order valence-electron chi connectivity index (χ1n) is 40.6. The van der Waals surface area contributed by atoms with Crippen LogP contribution in [0.4, 0.5) is 14.4 Å². The molecule has 0 saturated carbocycles. The Morgan fingerprint density at radius 2 is 1.30 bits per heavy atom. The van der Waals surface area contributed by atoms with E-state index in [4.69, 9.17) is 19.3 Å². The molecule has 11 unspecified atom stereocenters. The van der Waals surface area contributed by atoms with Gasteiger partial charge in [0.1, 0.15) is 54.0 Å². The van der Waals surface area contributed by atoms with Crippen LogP contribution in [0.5, 0.6) is 5.75 Å². The Morgan fingerprint density at radius 1 is 0.658 bits per heavy atom. The van der Waals surface area contributed by atoms with Crippen molar-refractivity contribution in [3.8, 4) is 5.75 Å². The number of phenolic OH excluding ortho intramolecular Hbond substituents is 1. The van der Waals surface area contributed by atoms with Gasteiger partial charge in [0.15, 0.2) is 6.10 Å². The number of hydrazine groups is 1. The average molecular weight is 1740 g/mol. The minimum Gasteiger partial charge on any atom is -0.508 e. The summed E-state index contributed by atoms with van der Waals surface area (Å²) < 4.78 is 17.4. The number of carboxylic acid groups (broad SMARTS) is 4. The molecule has 11 atom stereocenters. The van der Waals surface area contributed by atoms with Crippen LogP contribution in [0.15, 0.2) is 53.9 Å². The van der Waals surface area contributed by atoms with Crippen molar-refractivity contribution in [3.05, 3.63) is 81.3 Å². The monoisotopic (exact) mass is 1740 g/mol. The maximum absolute atomic E-state index is 15.2. The van der Waals surface area contributed by atoms with E-state index in [1.807, 2.05) is 46.6 Å². The molecule has 12 amide bonds. The van der Waals surface area contributed by atoms with Crippen LogP contribution in [-0.2, 0) is 86.3 Å². The number of nitrogens with zero attached hydrogens (tertiary/aromatic N) is 3. The number of rotatable bonds is 56. The lowest BCUT2D eigenvalue weighted by atomic mass is 9.92. The topological polar surface area (TPSA) is 537 Å². The Labute approximate surface area is 711 Å². The number of thiazole rings is 1. The highest BCUT2D eigenvalue weighted by Crippen LogP contribution is 2.33. The minimum atomic E-state index is -1.96. The zero-order chi connectivity index (χ0) is 88.8. The van der Waals surface area contributed by atoms with Crippen LogP contribution in [-0.4, -0.2) is 236 Å². The number of aromatic nitrogens is 1. The fraction of sp³-hybridized carbons (Fsp3) is 0.625. The molecule has 16 N–H and O–H groups in total. The van der Waals surface area contributed by atoms with Crippen molar-refractivity contribution >= 4 is 122 Å². The second-order valence-corrected chi connectivity index (χ2v) is 33.6. The second-order valence-electron chi connectivity index (χ2n) is 30.0. The summed E-state index contributed by atoms with van der Waals surface area (Å²) in [4.78, 5) is 202. The molecule has 37 nitrogen and oxygen atoms in total. The second kappa shape index (κ2) is 55.7. The van der Waals surface area contributed by atoms with Crippen LogP contribution in [0.1, 0.15) is 209 Å². The minimum absolute atomic E-state index is 0.00405. The van der Waals surface area contributed by atoms with Crippen LogP contribution in [0, 0.1) is 17.8 Å².